The molecule has 1 saturated carbocycles. The third-order valence-corrected chi connectivity index (χ3v) is 4.52. The first kappa shape index (κ1) is 13.9. The Hall–Kier alpha value is -1.07. The Morgan fingerprint density at radius 2 is 1.90 bits per heavy atom. The number of piperazine rings is 1. The van der Waals surface area contributed by atoms with Crippen molar-refractivity contribution in [2.45, 2.75) is 45.2 Å². The lowest BCUT2D eigenvalue weighted by Gasteiger charge is -2.36. The van der Waals surface area contributed by atoms with Crippen molar-refractivity contribution in [1.29, 1.82) is 0 Å². The van der Waals surface area contributed by atoms with E-state index in [4.69, 9.17) is 5.73 Å². The molecule has 1 aliphatic heterocycles. The summed E-state index contributed by atoms with van der Waals surface area (Å²) in [6, 6.07) is 1.07. The minimum absolute atomic E-state index is 0.185. The molecular formula is C15H27N5. The molecule has 1 aromatic rings. The van der Waals surface area contributed by atoms with Gasteiger partial charge in [-0.2, -0.15) is 5.10 Å². The molecule has 1 atom stereocenters. The van der Waals surface area contributed by atoms with Crippen LogP contribution in [0.2, 0.25) is 0 Å². The number of rotatable bonds is 4. The first-order valence-corrected chi connectivity index (χ1v) is 7.83. The number of nitrogens with two attached hydrogens (primary N) is 1. The van der Waals surface area contributed by atoms with Crippen molar-refractivity contribution < 1.29 is 0 Å². The van der Waals surface area contributed by atoms with Crippen molar-refractivity contribution in [3.63, 3.8) is 0 Å². The molecule has 1 unspecified atom stereocenters. The molecule has 20 heavy (non-hydrogen) atoms. The molecule has 2 N–H and O–H groups in total. The summed E-state index contributed by atoms with van der Waals surface area (Å²) in [7, 11) is 2.06. The topological polar surface area (TPSA) is 50.3 Å². The van der Waals surface area contributed by atoms with Crippen molar-refractivity contribution in [3.8, 4) is 0 Å². The summed E-state index contributed by atoms with van der Waals surface area (Å²) in [6.45, 7) is 8.77. The van der Waals surface area contributed by atoms with Gasteiger partial charge in [0.2, 0.25) is 0 Å². The van der Waals surface area contributed by atoms with Crippen molar-refractivity contribution in [2.24, 2.45) is 12.8 Å². The minimum atomic E-state index is 0.185. The third-order valence-electron chi connectivity index (χ3n) is 4.52. The van der Waals surface area contributed by atoms with E-state index in [9.17, 15) is 0 Å². The average molecular weight is 277 g/mol. The molecule has 2 aliphatic rings. The summed E-state index contributed by atoms with van der Waals surface area (Å²) in [5.41, 5.74) is 8.47. The highest BCUT2D eigenvalue weighted by Gasteiger charge is 2.32. The number of nitrogens with zero attached hydrogens (tertiary/aromatic N) is 4. The van der Waals surface area contributed by atoms with Crippen molar-refractivity contribution in [1.82, 2.24) is 14.7 Å². The molecule has 1 aliphatic carbocycles. The van der Waals surface area contributed by atoms with Crippen LogP contribution in [0.15, 0.2) is 0 Å². The average Bonchev–Trinajstić information content (AvgIpc) is 3.18. The van der Waals surface area contributed by atoms with Crippen LogP contribution in [0.5, 0.6) is 0 Å². The van der Waals surface area contributed by atoms with Crippen molar-refractivity contribution in [2.75, 3.05) is 31.1 Å². The number of aromatic nitrogens is 2. The zero-order chi connectivity index (χ0) is 14.3. The van der Waals surface area contributed by atoms with Gasteiger partial charge in [-0.25, -0.2) is 0 Å². The van der Waals surface area contributed by atoms with Gasteiger partial charge in [0, 0.05) is 50.9 Å². The first-order valence-electron chi connectivity index (χ1n) is 7.83. The second-order valence-electron chi connectivity index (χ2n) is 6.45. The Morgan fingerprint density at radius 3 is 2.45 bits per heavy atom. The molecule has 0 bridgehead atoms. The Balaban J connectivity index is 1.75. The second kappa shape index (κ2) is 5.37. The van der Waals surface area contributed by atoms with Gasteiger partial charge in [0.1, 0.15) is 5.82 Å². The van der Waals surface area contributed by atoms with Crippen LogP contribution in [0.4, 0.5) is 5.82 Å². The van der Waals surface area contributed by atoms with Crippen LogP contribution in [0.25, 0.3) is 0 Å². The maximum Gasteiger partial charge on any atom is 0.130 e. The van der Waals surface area contributed by atoms with Gasteiger partial charge in [-0.15, -0.1) is 0 Å². The number of aryl methyl sites for hydroxylation is 2. The molecule has 2 fully saturated rings. The molecule has 0 amide bonds. The molecule has 0 aromatic carbocycles. The van der Waals surface area contributed by atoms with Crippen LogP contribution in [0.3, 0.4) is 0 Å². The molecule has 5 nitrogen and oxygen atoms in total. The quantitative estimate of drug-likeness (QED) is 0.888. The van der Waals surface area contributed by atoms with E-state index in [0.29, 0.717) is 0 Å². The Morgan fingerprint density at radius 1 is 1.25 bits per heavy atom. The second-order valence-corrected chi connectivity index (χ2v) is 6.45. The smallest absolute Gasteiger partial charge is 0.130 e. The lowest BCUT2D eigenvalue weighted by atomic mass is 10.1. The first-order chi connectivity index (χ1) is 9.56. The van der Waals surface area contributed by atoms with E-state index in [2.05, 4.69) is 35.8 Å². The fraction of sp³-hybridized carbons (Fsp3) is 0.800. The van der Waals surface area contributed by atoms with Gasteiger partial charge in [0.25, 0.3) is 0 Å². The van der Waals surface area contributed by atoms with Gasteiger partial charge in [-0.1, -0.05) is 0 Å². The molecule has 1 saturated heterocycles. The van der Waals surface area contributed by atoms with E-state index >= 15 is 0 Å². The fourth-order valence-corrected chi connectivity index (χ4v) is 3.38. The highest BCUT2D eigenvalue weighted by atomic mass is 15.4. The molecule has 1 aromatic heterocycles. The maximum atomic E-state index is 6.01. The van der Waals surface area contributed by atoms with Gasteiger partial charge < -0.3 is 10.6 Å². The molecule has 0 radical (unpaired) electrons. The largest absolute Gasteiger partial charge is 0.354 e. The Labute approximate surface area is 121 Å². The van der Waals surface area contributed by atoms with Crippen LogP contribution < -0.4 is 10.6 Å². The van der Waals surface area contributed by atoms with Crippen LogP contribution in [0.1, 0.15) is 31.0 Å². The lowest BCUT2D eigenvalue weighted by molar-refractivity contribution is 0.247. The van der Waals surface area contributed by atoms with Gasteiger partial charge in [-0.05, 0) is 33.1 Å². The lowest BCUT2D eigenvalue weighted by Crippen LogP contribution is -2.48. The summed E-state index contributed by atoms with van der Waals surface area (Å²) >= 11 is 0. The monoisotopic (exact) mass is 277 g/mol. The van der Waals surface area contributed by atoms with Gasteiger partial charge in [0.15, 0.2) is 0 Å². The fourth-order valence-electron chi connectivity index (χ4n) is 3.38. The summed E-state index contributed by atoms with van der Waals surface area (Å²) in [5.74, 6) is 1.29. The summed E-state index contributed by atoms with van der Waals surface area (Å²) in [4.78, 5) is 5.14. The van der Waals surface area contributed by atoms with Crippen molar-refractivity contribution >= 4 is 5.82 Å². The third kappa shape index (κ3) is 2.69. The normalized spacial score (nSPS) is 22.3. The summed E-state index contributed by atoms with van der Waals surface area (Å²) < 4.78 is 2.04. The van der Waals surface area contributed by atoms with E-state index in [-0.39, 0.29) is 6.04 Å². The maximum absolute atomic E-state index is 6.01. The van der Waals surface area contributed by atoms with Crippen LogP contribution in [0, 0.1) is 6.92 Å². The van der Waals surface area contributed by atoms with Crippen LogP contribution in [-0.4, -0.2) is 52.9 Å². The standard InChI is InChI=1S/C15H27N5/c1-11(16)10-14-12(2)17-18(3)15(14)20-8-6-19(7-9-20)13-4-5-13/h11,13H,4-10,16H2,1-3H3. The molecule has 0 spiro atoms. The van der Waals surface area contributed by atoms with E-state index in [1.165, 1.54) is 37.3 Å². The predicted octanol–water partition coefficient (Wildman–Crippen LogP) is 0.903. The van der Waals surface area contributed by atoms with E-state index in [0.717, 1.165) is 31.2 Å². The summed E-state index contributed by atoms with van der Waals surface area (Å²) in [6.07, 6.45) is 3.72. The molecule has 5 heteroatoms. The van der Waals surface area contributed by atoms with Gasteiger partial charge in [-0.3, -0.25) is 9.58 Å². The zero-order valence-electron chi connectivity index (χ0n) is 13.0. The Kier molecular flexibility index (Phi) is 3.73. The zero-order valence-corrected chi connectivity index (χ0v) is 13.0. The van der Waals surface area contributed by atoms with Crippen LogP contribution in [-0.2, 0) is 13.5 Å². The highest BCUT2D eigenvalue weighted by Crippen LogP contribution is 2.30. The molecule has 2 heterocycles. The highest BCUT2D eigenvalue weighted by molar-refractivity contribution is 5.51. The SMILES string of the molecule is Cc1nn(C)c(N2CCN(C3CC3)CC2)c1CC(C)N. The number of hydrogen-bond donors (Lipinski definition) is 1. The summed E-state index contributed by atoms with van der Waals surface area (Å²) in [5, 5.41) is 4.61. The van der Waals surface area contributed by atoms with Gasteiger partial charge >= 0.3 is 0 Å². The molecule has 112 valence electrons. The van der Waals surface area contributed by atoms with E-state index < -0.39 is 0 Å². The number of hydrogen-bond acceptors (Lipinski definition) is 4. The Bertz CT molecular complexity index is 467. The van der Waals surface area contributed by atoms with Gasteiger partial charge in [0.05, 0.1) is 5.69 Å². The molecular weight excluding hydrogens is 250 g/mol. The molecule has 3 rings (SSSR count). The number of anilines is 1. The predicted molar refractivity (Wildman–Crippen MR) is 82.1 cm³/mol. The van der Waals surface area contributed by atoms with E-state index in [1.54, 1.807) is 0 Å². The van der Waals surface area contributed by atoms with E-state index in [1.807, 2.05) is 4.68 Å². The minimum Gasteiger partial charge on any atom is -0.354 e. The van der Waals surface area contributed by atoms with Crippen LogP contribution >= 0.6 is 0 Å². The van der Waals surface area contributed by atoms with Crippen molar-refractivity contribution in [3.05, 3.63) is 11.3 Å².